The molecule has 7 nitrogen and oxygen atoms in total. The van der Waals surface area contributed by atoms with E-state index in [9.17, 15) is 17.6 Å². The number of primary sulfonamides is 1. The average Bonchev–Trinajstić information content (AvgIpc) is 2.53. The van der Waals surface area contributed by atoms with E-state index in [1.807, 2.05) is 0 Å². The number of nitrogens with two attached hydrogens (primary N) is 1. The summed E-state index contributed by atoms with van der Waals surface area (Å²) in [5, 5.41) is 7.58. The molecule has 0 aliphatic heterocycles. The molecule has 0 aliphatic rings. The number of carbonyl (C=O) groups is 1. The van der Waals surface area contributed by atoms with E-state index in [-0.39, 0.29) is 22.9 Å². The van der Waals surface area contributed by atoms with Crippen molar-refractivity contribution in [3.05, 3.63) is 48.3 Å². The number of anilines is 1. The SMILES string of the molecule is COc1ccc(NC(=O)COc2ccc(F)cc2)cc1S(N)(=O)=O. The second-order valence-corrected chi connectivity index (χ2v) is 6.23. The summed E-state index contributed by atoms with van der Waals surface area (Å²) >= 11 is 0. The number of hydrogen-bond acceptors (Lipinski definition) is 5. The summed E-state index contributed by atoms with van der Waals surface area (Å²) in [6.45, 7) is -0.331. The van der Waals surface area contributed by atoms with Gasteiger partial charge in [0.1, 0.15) is 22.2 Å². The first-order valence-corrected chi connectivity index (χ1v) is 8.23. The Morgan fingerprint density at radius 2 is 1.88 bits per heavy atom. The molecule has 0 fully saturated rings. The van der Waals surface area contributed by atoms with Crippen LogP contribution in [0.2, 0.25) is 0 Å². The van der Waals surface area contributed by atoms with Crippen molar-refractivity contribution in [3.63, 3.8) is 0 Å². The van der Waals surface area contributed by atoms with Gasteiger partial charge in [-0.1, -0.05) is 0 Å². The molecule has 0 aromatic heterocycles. The third-order valence-electron chi connectivity index (χ3n) is 2.94. The Hall–Kier alpha value is -2.65. The molecule has 0 aliphatic carbocycles. The molecule has 0 spiro atoms. The highest BCUT2D eigenvalue weighted by molar-refractivity contribution is 7.89. The van der Waals surface area contributed by atoms with Crippen LogP contribution < -0.4 is 19.9 Å². The number of hydrogen-bond donors (Lipinski definition) is 2. The summed E-state index contributed by atoms with van der Waals surface area (Å²) in [5.74, 6) is -0.546. The normalized spacial score (nSPS) is 11.0. The summed E-state index contributed by atoms with van der Waals surface area (Å²) in [5.41, 5.74) is 0.215. The van der Waals surface area contributed by atoms with E-state index >= 15 is 0 Å². The van der Waals surface area contributed by atoms with E-state index in [1.165, 1.54) is 49.6 Å². The van der Waals surface area contributed by atoms with E-state index < -0.39 is 21.7 Å². The second-order valence-electron chi connectivity index (χ2n) is 4.70. The van der Waals surface area contributed by atoms with Gasteiger partial charge < -0.3 is 14.8 Å². The molecule has 9 heteroatoms. The first kappa shape index (κ1) is 17.7. The molecule has 0 unspecified atom stereocenters. The van der Waals surface area contributed by atoms with Crippen LogP contribution in [0.25, 0.3) is 0 Å². The van der Waals surface area contributed by atoms with Crippen LogP contribution in [-0.2, 0) is 14.8 Å². The Labute approximate surface area is 138 Å². The van der Waals surface area contributed by atoms with Gasteiger partial charge in [-0.25, -0.2) is 17.9 Å². The third-order valence-corrected chi connectivity index (χ3v) is 3.87. The van der Waals surface area contributed by atoms with Gasteiger partial charge >= 0.3 is 0 Å². The lowest BCUT2D eigenvalue weighted by atomic mass is 10.3. The van der Waals surface area contributed by atoms with Crippen LogP contribution in [0.4, 0.5) is 10.1 Å². The zero-order chi connectivity index (χ0) is 17.7. The minimum atomic E-state index is -4.01. The Balaban J connectivity index is 2.05. The van der Waals surface area contributed by atoms with Gasteiger partial charge in [-0.05, 0) is 42.5 Å². The first-order chi connectivity index (χ1) is 11.3. The molecule has 128 valence electrons. The number of halogens is 1. The van der Waals surface area contributed by atoms with Crippen LogP contribution >= 0.6 is 0 Å². The molecule has 0 bridgehead atoms. The van der Waals surface area contributed by atoms with E-state index in [0.717, 1.165) is 0 Å². The van der Waals surface area contributed by atoms with Crippen LogP contribution in [0.1, 0.15) is 0 Å². The molecule has 2 aromatic rings. The van der Waals surface area contributed by atoms with Crippen molar-refractivity contribution in [2.75, 3.05) is 19.0 Å². The van der Waals surface area contributed by atoms with Gasteiger partial charge in [0.15, 0.2) is 6.61 Å². The van der Waals surface area contributed by atoms with E-state index in [0.29, 0.717) is 5.75 Å². The number of benzene rings is 2. The Kier molecular flexibility index (Phi) is 5.37. The number of nitrogens with one attached hydrogen (secondary N) is 1. The highest BCUT2D eigenvalue weighted by Gasteiger charge is 2.16. The van der Waals surface area contributed by atoms with Crippen LogP contribution in [0.5, 0.6) is 11.5 Å². The lowest BCUT2D eigenvalue weighted by Crippen LogP contribution is -2.21. The molecular weight excluding hydrogens is 339 g/mol. The van der Waals surface area contributed by atoms with Gasteiger partial charge in [0, 0.05) is 5.69 Å². The Morgan fingerprint density at radius 1 is 1.21 bits per heavy atom. The fourth-order valence-electron chi connectivity index (χ4n) is 1.85. The van der Waals surface area contributed by atoms with Gasteiger partial charge in [-0.2, -0.15) is 0 Å². The molecule has 0 heterocycles. The topological polar surface area (TPSA) is 108 Å². The Bertz CT molecular complexity index is 837. The molecule has 0 saturated carbocycles. The van der Waals surface area contributed by atoms with Crippen molar-refractivity contribution < 1.29 is 27.1 Å². The Morgan fingerprint density at radius 3 is 2.46 bits per heavy atom. The number of ether oxygens (including phenoxy) is 2. The lowest BCUT2D eigenvalue weighted by molar-refractivity contribution is -0.118. The third kappa shape index (κ3) is 4.67. The summed E-state index contributed by atoms with van der Waals surface area (Å²) in [4.78, 5) is 11.6. The molecule has 2 aromatic carbocycles. The second kappa shape index (κ2) is 7.28. The quantitative estimate of drug-likeness (QED) is 0.817. The van der Waals surface area contributed by atoms with Gasteiger partial charge in [0.2, 0.25) is 10.0 Å². The van der Waals surface area contributed by atoms with Gasteiger partial charge in [0.25, 0.3) is 5.91 Å². The summed E-state index contributed by atoms with van der Waals surface area (Å²) in [6, 6.07) is 9.19. The molecular formula is C15H15FN2O5S. The van der Waals surface area contributed by atoms with Gasteiger partial charge in [-0.3, -0.25) is 4.79 Å². The predicted molar refractivity (Wildman–Crippen MR) is 84.9 cm³/mol. The van der Waals surface area contributed by atoms with Crippen molar-refractivity contribution >= 4 is 21.6 Å². The highest BCUT2D eigenvalue weighted by Crippen LogP contribution is 2.26. The van der Waals surface area contributed by atoms with Crippen molar-refractivity contribution in [1.29, 1.82) is 0 Å². The maximum absolute atomic E-state index is 12.8. The molecule has 0 atom stereocenters. The van der Waals surface area contributed by atoms with E-state index in [2.05, 4.69) is 5.32 Å². The smallest absolute Gasteiger partial charge is 0.262 e. The molecule has 0 radical (unpaired) electrons. The average molecular weight is 354 g/mol. The minimum absolute atomic E-state index is 0.0676. The van der Waals surface area contributed by atoms with Crippen LogP contribution in [0.15, 0.2) is 47.4 Å². The summed E-state index contributed by atoms with van der Waals surface area (Å²) in [6.07, 6.45) is 0. The zero-order valence-corrected chi connectivity index (χ0v) is 13.5. The number of sulfonamides is 1. The van der Waals surface area contributed by atoms with Crippen molar-refractivity contribution in [2.45, 2.75) is 4.90 Å². The van der Waals surface area contributed by atoms with Gasteiger partial charge in [-0.15, -0.1) is 0 Å². The summed E-state index contributed by atoms with van der Waals surface area (Å²) in [7, 11) is -2.70. The van der Waals surface area contributed by atoms with Crippen LogP contribution in [-0.4, -0.2) is 28.0 Å². The predicted octanol–water partition coefficient (Wildman–Crippen LogP) is 1.50. The minimum Gasteiger partial charge on any atom is -0.495 e. The van der Waals surface area contributed by atoms with Crippen LogP contribution in [0.3, 0.4) is 0 Å². The fraction of sp³-hybridized carbons (Fsp3) is 0.133. The first-order valence-electron chi connectivity index (χ1n) is 6.68. The monoisotopic (exact) mass is 354 g/mol. The highest BCUT2D eigenvalue weighted by atomic mass is 32.2. The van der Waals surface area contributed by atoms with Crippen LogP contribution in [0, 0.1) is 5.82 Å². The number of methoxy groups -OCH3 is 1. The molecule has 0 saturated heterocycles. The van der Waals surface area contributed by atoms with E-state index in [4.69, 9.17) is 14.6 Å². The molecule has 24 heavy (non-hydrogen) atoms. The number of carbonyl (C=O) groups excluding carboxylic acids is 1. The molecule has 3 N–H and O–H groups in total. The lowest BCUT2D eigenvalue weighted by Gasteiger charge is -2.11. The zero-order valence-electron chi connectivity index (χ0n) is 12.7. The number of rotatable bonds is 6. The maximum atomic E-state index is 12.8. The standard InChI is InChI=1S/C15H15FN2O5S/c1-22-13-7-4-11(8-14(13)24(17,20)21)18-15(19)9-23-12-5-2-10(16)3-6-12/h2-8H,9H2,1H3,(H,18,19)(H2,17,20,21). The molecule has 2 rings (SSSR count). The van der Waals surface area contributed by atoms with Crippen molar-refractivity contribution in [2.24, 2.45) is 5.14 Å². The van der Waals surface area contributed by atoms with E-state index in [1.54, 1.807) is 0 Å². The van der Waals surface area contributed by atoms with Gasteiger partial charge in [0.05, 0.1) is 7.11 Å². The number of amides is 1. The fourth-order valence-corrected chi connectivity index (χ4v) is 2.58. The molecule has 1 amide bonds. The van der Waals surface area contributed by atoms with Crippen molar-refractivity contribution in [3.8, 4) is 11.5 Å². The summed E-state index contributed by atoms with van der Waals surface area (Å²) < 4.78 is 45.9. The van der Waals surface area contributed by atoms with Crippen molar-refractivity contribution in [1.82, 2.24) is 0 Å². The largest absolute Gasteiger partial charge is 0.495 e. The maximum Gasteiger partial charge on any atom is 0.262 e.